The number of carbonyl (C=O) groups excluding carboxylic acids is 1. The molecule has 5 rings (SSSR count). The Morgan fingerprint density at radius 3 is 2.24 bits per heavy atom. The first kappa shape index (κ1) is 29.0. The molecular formula is C33H28BrClN2O3S. The van der Waals surface area contributed by atoms with E-state index in [1.165, 1.54) is 11.8 Å². The maximum atomic E-state index is 13.8. The number of aryl methyl sites for hydroxylation is 2. The Morgan fingerprint density at radius 2 is 1.59 bits per heavy atom. The van der Waals surface area contributed by atoms with Crippen LogP contribution < -0.4 is 14.4 Å². The highest BCUT2D eigenvalue weighted by molar-refractivity contribution is 9.10. The number of hydrogen-bond donors (Lipinski definition) is 0. The average molecular weight is 648 g/mol. The van der Waals surface area contributed by atoms with Crippen molar-refractivity contribution in [3.63, 3.8) is 0 Å². The number of amidine groups is 1. The first-order valence-electron chi connectivity index (χ1n) is 13.1. The van der Waals surface area contributed by atoms with Crippen LogP contribution in [0.15, 0.2) is 99.3 Å². The van der Waals surface area contributed by atoms with Gasteiger partial charge < -0.3 is 9.47 Å². The maximum Gasteiger partial charge on any atom is 0.271 e. The van der Waals surface area contributed by atoms with Crippen molar-refractivity contribution in [2.75, 3.05) is 11.5 Å². The molecule has 0 unspecified atom stereocenters. The van der Waals surface area contributed by atoms with E-state index in [2.05, 4.69) is 15.9 Å². The Bertz CT molecular complexity index is 1620. The molecule has 1 heterocycles. The molecule has 41 heavy (non-hydrogen) atoms. The molecule has 0 bridgehead atoms. The van der Waals surface area contributed by atoms with Crippen molar-refractivity contribution in [2.45, 2.75) is 27.4 Å². The van der Waals surface area contributed by atoms with Gasteiger partial charge in [0.1, 0.15) is 6.61 Å². The fraction of sp³-hybridized carbons (Fsp3) is 0.152. The summed E-state index contributed by atoms with van der Waals surface area (Å²) in [4.78, 5) is 20.8. The molecule has 1 saturated heterocycles. The van der Waals surface area contributed by atoms with Gasteiger partial charge in [-0.05, 0) is 98.3 Å². The fourth-order valence-electron chi connectivity index (χ4n) is 4.16. The SMILES string of the molecule is CCOc1cc(/C=C2\SC(=Nc3ccc(C)cc3)N(c3ccc(C)cc3)C2=O)cc(Cl)c1OCc1ccc(Br)cc1. The summed E-state index contributed by atoms with van der Waals surface area (Å²) < 4.78 is 13.0. The molecule has 0 aromatic heterocycles. The Balaban J connectivity index is 1.48. The molecule has 0 spiro atoms. The lowest BCUT2D eigenvalue weighted by Crippen LogP contribution is -2.28. The second-order valence-corrected chi connectivity index (χ2v) is 11.8. The summed E-state index contributed by atoms with van der Waals surface area (Å²) in [5.74, 6) is 0.824. The van der Waals surface area contributed by atoms with Crippen LogP contribution in [0.5, 0.6) is 11.5 Å². The van der Waals surface area contributed by atoms with Gasteiger partial charge in [-0.15, -0.1) is 0 Å². The van der Waals surface area contributed by atoms with Crippen molar-refractivity contribution in [2.24, 2.45) is 4.99 Å². The molecule has 0 N–H and O–H groups in total. The monoisotopic (exact) mass is 646 g/mol. The van der Waals surface area contributed by atoms with Gasteiger partial charge in [0.05, 0.1) is 27.9 Å². The van der Waals surface area contributed by atoms with Gasteiger partial charge in [0.15, 0.2) is 16.7 Å². The van der Waals surface area contributed by atoms with Crippen LogP contribution in [0, 0.1) is 13.8 Å². The molecule has 5 nitrogen and oxygen atoms in total. The molecule has 0 saturated carbocycles. The Hall–Kier alpha value is -3.52. The summed E-state index contributed by atoms with van der Waals surface area (Å²) in [6, 6.07) is 27.3. The van der Waals surface area contributed by atoms with Crippen LogP contribution in [0.3, 0.4) is 0 Å². The lowest BCUT2D eigenvalue weighted by atomic mass is 10.1. The van der Waals surface area contributed by atoms with Crippen LogP contribution in [0.2, 0.25) is 5.02 Å². The maximum absolute atomic E-state index is 13.8. The Kier molecular flexibility index (Phi) is 9.18. The predicted molar refractivity (Wildman–Crippen MR) is 174 cm³/mol. The highest BCUT2D eigenvalue weighted by atomic mass is 79.9. The van der Waals surface area contributed by atoms with Crippen LogP contribution in [-0.2, 0) is 11.4 Å². The third kappa shape index (κ3) is 7.04. The zero-order valence-electron chi connectivity index (χ0n) is 22.9. The highest BCUT2D eigenvalue weighted by Gasteiger charge is 2.35. The average Bonchev–Trinajstić information content (AvgIpc) is 3.25. The molecule has 0 radical (unpaired) electrons. The number of carbonyl (C=O) groups is 1. The van der Waals surface area contributed by atoms with Crippen molar-refractivity contribution in [1.29, 1.82) is 0 Å². The molecule has 1 aliphatic heterocycles. The number of ether oxygens (including phenoxy) is 2. The molecule has 8 heteroatoms. The minimum absolute atomic E-state index is 0.158. The molecule has 208 valence electrons. The lowest BCUT2D eigenvalue weighted by Gasteiger charge is -2.16. The number of aliphatic imine (C=N–C) groups is 1. The van der Waals surface area contributed by atoms with Crippen LogP contribution >= 0.6 is 39.3 Å². The van der Waals surface area contributed by atoms with Gasteiger partial charge in [0.25, 0.3) is 5.91 Å². The van der Waals surface area contributed by atoms with Gasteiger partial charge in [0.2, 0.25) is 0 Å². The summed E-state index contributed by atoms with van der Waals surface area (Å²) in [5, 5.41) is 0.985. The summed E-state index contributed by atoms with van der Waals surface area (Å²) in [6.45, 7) is 6.73. The smallest absolute Gasteiger partial charge is 0.271 e. The van der Waals surface area contributed by atoms with E-state index in [0.717, 1.165) is 38.1 Å². The fourth-order valence-corrected chi connectivity index (χ4v) is 5.70. The first-order valence-corrected chi connectivity index (χ1v) is 15.1. The first-order chi connectivity index (χ1) is 19.8. The number of thioether (sulfide) groups is 1. The normalized spacial score (nSPS) is 15.1. The number of anilines is 1. The van der Waals surface area contributed by atoms with Gasteiger partial charge in [-0.1, -0.05) is 75.1 Å². The largest absolute Gasteiger partial charge is 0.490 e. The topological polar surface area (TPSA) is 51.1 Å². The number of hydrogen-bond acceptors (Lipinski definition) is 5. The van der Waals surface area contributed by atoms with Crippen molar-refractivity contribution >= 4 is 67.8 Å². The predicted octanol–water partition coefficient (Wildman–Crippen LogP) is 9.51. The number of benzene rings is 4. The van der Waals surface area contributed by atoms with Crippen molar-refractivity contribution in [3.05, 3.63) is 122 Å². The Labute approximate surface area is 258 Å². The van der Waals surface area contributed by atoms with E-state index in [9.17, 15) is 4.79 Å². The van der Waals surface area contributed by atoms with E-state index in [1.807, 2.05) is 106 Å². The number of amides is 1. The van der Waals surface area contributed by atoms with Crippen molar-refractivity contribution < 1.29 is 14.3 Å². The number of nitrogens with zero attached hydrogens (tertiary/aromatic N) is 2. The van der Waals surface area contributed by atoms with Crippen LogP contribution in [-0.4, -0.2) is 17.7 Å². The van der Waals surface area contributed by atoms with Crippen LogP contribution in [0.25, 0.3) is 6.08 Å². The van der Waals surface area contributed by atoms with E-state index in [-0.39, 0.29) is 5.91 Å². The molecule has 1 amide bonds. The second-order valence-electron chi connectivity index (χ2n) is 9.49. The summed E-state index contributed by atoms with van der Waals surface area (Å²) in [7, 11) is 0. The van der Waals surface area contributed by atoms with Crippen LogP contribution in [0.1, 0.15) is 29.2 Å². The van der Waals surface area contributed by atoms with Gasteiger partial charge in [0, 0.05) is 4.47 Å². The van der Waals surface area contributed by atoms with Crippen molar-refractivity contribution in [3.8, 4) is 11.5 Å². The van der Waals surface area contributed by atoms with E-state index in [4.69, 9.17) is 26.1 Å². The second kappa shape index (κ2) is 13.0. The van der Waals surface area contributed by atoms with Gasteiger partial charge in [-0.25, -0.2) is 4.99 Å². The van der Waals surface area contributed by atoms with E-state index < -0.39 is 0 Å². The number of rotatable bonds is 8. The summed E-state index contributed by atoms with van der Waals surface area (Å²) in [6.07, 6.45) is 1.82. The Morgan fingerprint density at radius 1 is 0.927 bits per heavy atom. The highest BCUT2D eigenvalue weighted by Crippen LogP contribution is 2.41. The summed E-state index contributed by atoms with van der Waals surface area (Å²) >= 11 is 11.5. The van der Waals surface area contributed by atoms with E-state index in [0.29, 0.717) is 39.8 Å². The third-order valence-corrected chi connectivity index (χ3v) is 8.06. The third-order valence-electron chi connectivity index (χ3n) is 6.28. The molecule has 4 aromatic rings. The van der Waals surface area contributed by atoms with Crippen molar-refractivity contribution in [1.82, 2.24) is 0 Å². The van der Waals surface area contributed by atoms with E-state index >= 15 is 0 Å². The van der Waals surface area contributed by atoms with Gasteiger partial charge >= 0.3 is 0 Å². The minimum atomic E-state index is -0.158. The lowest BCUT2D eigenvalue weighted by molar-refractivity contribution is -0.113. The summed E-state index contributed by atoms with van der Waals surface area (Å²) in [5.41, 5.74) is 5.52. The molecule has 0 atom stereocenters. The van der Waals surface area contributed by atoms with Gasteiger partial charge in [-0.2, -0.15) is 0 Å². The standard InChI is InChI=1S/C33H28BrClN2O3S/c1-4-39-29-18-24(17-28(35)31(29)40-20-23-9-11-25(34)12-10-23)19-30-32(38)37(27-15-7-22(3)8-16-27)33(41-30)36-26-13-5-21(2)6-14-26/h5-19H,4,20H2,1-3H3/b30-19-,36-33?. The zero-order valence-corrected chi connectivity index (χ0v) is 26.0. The van der Waals surface area contributed by atoms with Gasteiger partial charge in [-0.3, -0.25) is 9.69 Å². The molecular weight excluding hydrogens is 620 g/mol. The molecule has 4 aromatic carbocycles. The zero-order chi connectivity index (χ0) is 28.9. The minimum Gasteiger partial charge on any atom is -0.490 e. The number of halogens is 2. The molecule has 0 aliphatic carbocycles. The van der Waals surface area contributed by atoms with E-state index in [1.54, 1.807) is 11.0 Å². The molecule has 1 aliphatic rings. The van der Waals surface area contributed by atoms with Crippen LogP contribution in [0.4, 0.5) is 11.4 Å². The molecule has 1 fully saturated rings. The quantitative estimate of drug-likeness (QED) is 0.179.